The molecule has 2 amide bonds. The fourth-order valence-corrected chi connectivity index (χ4v) is 5.64. The molecule has 0 saturated heterocycles. The second-order valence-electron chi connectivity index (χ2n) is 12.4. The number of oxime groups is 1. The van der Waals surface area contributed by atoms with Gasteiger partial charge in [-0.15, -0.1) is 12.4 Å². The number of hydrogen-bond donors (Lipinski definition) is 6. The maximum Gasteiger partial charge on any atom is 0.408 e. The molecule has 0 fully saturated rings. The Balaban J connectivity index is 0.000000828. The van der Waals surface area contributed by atoms with Gasteiger partial charge in [-0.3, -0.25) is 0 Å². The SMILES string of the molecule is C.COc1cc(/C(N)=N/O)cc2c1[C@H](NC(=O)OC(C)(C)C)CC2.COc1cc(Br)cc2c1[C@H](NC(=O)OC(C)(C)C)CC2.Cl.NO. The average molecular weight is 749 g/mol. The Kier molecular flexibility index (Phi) is 17.4. The molecule has 0 heterocycles. The van der Waals surface area contributed by atoms with Crippen molar-refractivity contribution < 1.29 is 39.0 Å². The Bertz CT molecular complexity index is 1380. The van der Waals surface area contributed by atoms with Crippen LogP contribution < -0.4 is 31.7 Å². The lowest BCUT2D eigenvalue weighted by molar-refractivity contribution is 0.0491. The first-order valence-corrected chi connectivity index (χ1v) is 15.1. The largest absolute Gasteiger partial charge is 0.496 e. The Morgan fingerprint density at radius 1 is 0.830 bits per heavy atom. The standard InChI is InChI=1S/C16H23N3O4.C15H20BrNO3.CH4.ClH.H3NO/c1-16(2,3)23-15(20)18-11-6-5-9-7-10(14(17)19-21)8-12(22-4)13(9)11;1-15(2,3)20-14(18)17-11-6-5-9-7-10(16)8-12(19-4)13(9)11;;;1-2/h7-8,11,21H,5-6H2,1-4H3,(H2,17,19)(H,18,20);7-8,11H,5-6H2,1-4H3,(H,17,18);1H4;1H;2H,1H2/t2*11-;;;/m11.../s1. The highest BCUT2D eigenvalue weighted by molar-refractivity contribution is 9.10. The van der Waals surface area contributed by atoms with E-state index in [0.29, 0.717) is 11.3 Å². The minimum Gasteiger partial charge on any atom is -0.496 e. The number of amides is 2. The van der Waals surface area contributed by atoms with Crippen LogP contribution in [0.5, 0.6) is 11.5 Å². The van der Waals surface area contributed by atoms with Crippen LogP contribution in [0, 0.1) is 0 Å². The highest BCUT2D eigenvalue weighted by Gasteiger charge is 2.31. The van der Waals surface area contributed by atoms with E-state index in [0.717, 1.165) is 52.6 Å². The van der Waals surface area contributed by atoms with Crippen LogP contribution in [0.15, 0.2) is 33.9 Å². The molecule has 2 aromatic carbocycles. The molecule has 0 unspecified atom stereocenters. The number of benzene rings is 2. The van der Waals surface area contributed by atoms with Gasteiger partial charge >= 0.3 is 12.2 Å². The fourth-order valence-electron chi connectivity index (χ4n) is 5.16. The first kappa shape index (κ1) is 43.5. The average Bonchev–Trinajstić information content (AvgIpc) is 3.54. The molecule has 4 rings (SSSR count). The van der Waals surface area contributed by atoms with Gasteiger partial charge in [0.05, 0.1) is 26.3 Å². The second kappa shape index (κ2) is 18.8. The van der Waals surface area contributed by atoms with Crippen LogP contribution in [-0.2, 0) is 22.3 Å². The van der Waals surface area contributed by atoms with Gasteiger partial charge < -0.3 is 45.7 Å². The van der Waals surface area contributed by atoms with Crippen molar-refractivity contribution >= 4 is 46.4 Å². The number of methoxy groups -OCH3 is 2. The first-order valence-electron chi connectivity index (χ1n) is 14.3. The van der Waals surface area contributed by atoms with Gasteiger partial charge in [0, 0.05) is 21.2 Å². The highest BCUT2D eigenvalue weighted by atomic mass is 79.9. The molecule has 0 aliphatic heterocycles. The van der Waals surface area contributed by atoms with Crippen molar-refractivity contribution in [2.24, 2.45) is 16.8 Å². The summed E-state index contributed by atoms with van der Waals surface area (Å²) in [6, 6.07) is 7.31. The summed E-state index contributed by atoms with van der Waals surface area (Å²) in [5, 5.41) is 24.2. The molecule has 13 nitrogen and oxygen atoms in total. The second-order valence-corrected chi connectivity index (χ2v) is 13.3. The summed E-state index contributed by atoms with van der Waals surface area (Å²) in [6.07, 6.45) is 2.44. The molecule has 266 valence electrons. The molecule has 2 aromatic rings. The Hall–Kier alpha value is -3.46. The molecular formula is C32H51BrClN5O8. The summed E-state index contributed by atoms with van der Waals surface area (Å²) in [7, 11) is 3.19. The summed E-state index contributed by atoms with van der Waals surface area (Å²) in [4.78, 5) is 23.9. The first-order chi connectivity index (χ1) is 21.0. The van der Waals surface area contributed by atoms with Crippen LogP contribution in [0.1, 0.15) is 102 Å². The molecule has 0 aromatic heterocycles. The number of carbonyl (C=O) groups excluding carboxylic acids is 2. The smallest absolute Gasteiger partial charge is 0.408 e. The minimum absolute atomic E-state index is 0. The van der Waals surface area contributed by atoms with Crippen LogP contribution >= 0.6 is 28.3 Å². The monoisotopic (exact) mass is 747 g/mol. The predicted octanol–water partition coefficient (Wildman–Crippen LogP) is 6.66. The van der Waals surface area contributed by atoms with Gasteiger partial charge in [0.25, 0.3) is 0 Å². The van der Waals surface area contributed by atoms with Crippen molar-refractivity contribution in [3.8, 4) is 11.5 Å². The molecule has 0 bridgehead atoms. The minimum atomic E-state index is -0.550. The maximum atomic E-state index is 12.0. The van der Waals surface area contributed by atoms with Gasteiger partial charge in [-0.2, -0.15) is 0 Å². The fraction of sp³-hybridized carbons (Fsp3) is 0.531. The van der Waals surface area contributed by atoms with Crippen molar-refractivity contribution in [3.05, 3.63) is 56.6 Å². The molecule has 2 atom stereocenters. The lowest BCUT2D eigenvalue weighted by Gasteiger charge is -2.23. The molecule has 15 heteroatoms. The Morgan fingerprint density at radius 3 is 1.62 bits per heavy atom. The molecular weight excluding hydrogens is 698 g/mol. The number of nitrogens with two attached hydrogens (primary N) is 2. The number of rotatable bonds is 5. The maximum absolute atomic E-state index is 12.0. The Labute approximate surface area is 292 Å². The zero-order valence-corrected chi connectivity index (χ0v) is 29.9. The van der Waals surface area contributed by atoms with E-state index in [1.165, 1.54) is 5.56 Å². The third-order valence-electron chi connectivity index (χ3n) is 6.75. The summed E-state index contributed by atoms with van der Waals surface area (Å²) in [5.74, 6) is 4.92. The number of carbonyl (C=O) groups is 2. The molecule has 0 saturated carbocycles. The van der Waals surface area contributed by atoms with Gasteiger partial charge in [0.2, 0.25) is 0 Å². The zero-order valence-electron chi connectivity index (χ0n) is 27.5. The van der Waals surface area contributed by atoms with Crippen molar-refractivity contribution in [3.63, 3.8) is 0 Å². The van der Waals surface area contributed by atoms with Crippen molar-refractivity contribution in [1.29, 1.82) is 0 Å². The van der Waals surface area contributed by atoms with Gasteiger partial charge in [-0.1, -0.05) is 28.5 Å². The van der Waals surface area contributed by atoms with E-state index in [9.17, 15) is 9.59 Å². The molecule has 0 spiro atoms. The van der Waals surface area contributed by atoms with Crippen LogP contribution in [0.2, 0.25) is 0 Å². The lowest BCUT2D eigenvalue weighted by Crippen LogP contribution is -2.34. The number of hydrogen-bond acceptors (Lipinski definition) is 10. The van der Waals surface area contributed by atoms with E-state index in [-0.39, 0.29) is 43.8 Å². The van der Waals surface area contributed by atoms with Crippen molar-refractivity contribution in [2.45, 2.75) is 97.9 Å². The van der Waals surface area contributed by atoms with Crippen molar-refractivity contribution in [1.82, 2.24) is 10.6 Å². The number of alkyl carbamates (subject to hydrolysis) is 2. The summed E-state index contributed by atoms with van der Waals surface area (Å²) in [6.45, 7) is 11.0. The number of nitrogens with zero attached hydrogens (tertiary/aromatic N) is 1. The molecule has 2 aliphatic rings. The quantitative estimate of drug-likeness (QED) is 0.0831. The third-order valence-corrected chi connectivity index (χ3v) is 7.20. The van der Waals surface area contributed by atoms with Gasteiger partial charge in [0.15, 0.2) is 5.84 Å². The van der Waals surface area contributed by atoms with E-state index in [1.54, 1.807) is 20.3 Å². The van der Waals surface area contributed by atoms with Crippen LogP contribution in [0.3, 0.4) is 0 Å². The third kappa shape index (κ3) is 12.6. The number of aryl methyl sites for hydroxylation is 2. The van der Waals surface area contributed by atoms with Crippen LogP contribution in [-0.4, -0.2) is 53.9 Å². The number of ether oxygens (including phenoxy) is 4. The number of fused-ring (bicyclic) bond motifs is 2. The van der Waals surface area contributed by atoms with Crippen molar-refractivity contribution in [2.75, 3.05) is 14.2 Å². The van der Waals surface area contributed by atoms with E-state index < -0.39 is 17.3 Å². The van der Waals surface area contributed by atoms with E-state index in [2.05, 4.69) is 43.7 Å². The summed E-state index contributed by atoms with van der Waals surface area (Å²) < 4.78 is 22.5. The van der Waals surface area contributed by atoms with Gasteiger partial charge in [0.1, 0.15) is 22.7 Å². The summed E-state index contributed by atoms with van der Waals surface area (Å²) in [5.41, 5.74) is 9.37. The predicted molar refractivity (Wildman–Crippen MR) is 187 cm³/mol. The Morgan fingerprint density at radius 2 is 1.23 bits per heavy atom. The van der Waals surface area contributed by atoms with E-state index in [4.69, 9.17) is 35.1 Å². The molecule has 8 N–H and O–H groups in total. The van der Waals surface area contributed by atoms with Gasteiger partial charge in [-0.25, -0.2) is 15.5 Å². The molecule has 0 radical (unpaired) electrons. The number of nitrogens with one attached hydrogen (secondary N) is 2. The summed E-state index contributed by atoms with van der Waals surface area (Å²) >= 11 is 3.48. The van der Waals surface area contributed by atoms with E-state index >= 15 is 0 Å². The van der Waals surface area contributed by atoms with Crippen LogP contribution in [0.4, 0.5) is 9.59 Å². The van der Waals surface area contributed by atoms with Crippen LogP contribution in [0.25, 0.3) is 0 Å². The van der Waals surface area contributed by atoms with E-state index in [1.807, 2.05) is 53.7 Å². The number of halogens is 2. The molecule has 47 heavy (non-hydrogen) atoms. The van der Waals surface area contributed by atoms with Gasteiger partial charge in [-0.05, 0) is 103 Å². The lowest BCUT2D eigenvalue weighted by atomic mass is 10.0. The normalized spacial score (nSPS) is 16.2. The molecule has 2 aliphatic carbocycles. The topological polar surface area (TPSA) is 200 Å². The number of amidine groups is 1. The highest BCUT2D eigenvalue weighted by Crippen LogP contribution is 2.41. The zero-order chi connectivity index (χ0) is 34.1.